The highest BCUT2D eigenvalue weighted by Crippen LogP contribution is 2.35. The number of nitrogens with one attached hydrogen (secondary N) is 5. The second-order valence-electron chi connectivity index (χ2n) is 11.1. The maximum Gasteiger partial charge on any atom is 0.410 e. The largest absolute Gasteiger partial charge is 0.465 e. The van der Waals surface area contributed by atoms with Gasteiger partial charge in [0.1, 0.15) is 12.3 Å². The van der Waals surface area contributed by atoms with Crippen molar-refractivity contribution < 1.29 is 19.8 Å². The summed E-state index contributed by atoms with van der Waals surface area (Å²) in [5, 5.41) is 37.9. The van der Waals surface area contributed by atoms with E-state index in [1.165, 1.54) is 38.5 Å². The molecule has 7 N–H and O–H groups in total. The number of rotatable bonds is 10. The van der Waals surface area contributed by atoms with E-state index in [0.29, 0.717) is 48.8 Å². The predicted octanol–water partition coefficient (Wildman–Crippen LogP) is 2.51. The minimum Gasteiger partial charge on any atom is -0.465 e. The number of amidine groups is 1. The van der Waals surface area contributed by atoms with Crippen LogP contribution >= 0.6 is 0 Å². The fourth-order valence-electron chi connectivity index (χ4n) is 5.59. The highest BCUT2D eigenvalue weighted by atomic mass is 16.4. The molecule has 0 aromatic carbocycles. The number of carbonyl (C=O) groups excluding carboxylic acids is 1. The SMILES string of the molecule is C[C@@H]1CN(C(=O)CO)CCN1Nc1nc(C(=N)NC(=O)O)nc(N[C@H](C)C2CCC2)c1NCC1CCCCC1. The van der Waals surface area contributed by atoms with Crippen LogP contribution in [0, 0.1) is 17.2 Å². The highest BCUT2D eigenvalue weighted by molar-refractivity contribution is 6.02. The fraction of sp³-hybridized carbons (Fsp3) is 0.731. The van der Waals surface area contributed by atoms with Crippen molar-refractivity contribution >= 4 is 35.2 Å². The molecule has 1 aromatic heterocycles. The molecule has 3 aliphatic rings. The van der Waals surface area contributed by atoms with Gasteiger partial charge in [-0.05, 0) is 51.4 Å². The van der Waals surface area contributed by atoms with E-state index < -0.39 is 18.5 Å². The molecule has 1 saturated heterocycles. The third-order valence-corrected chi connectivity index (χ3v) is 8.24. The number of hydrogen-bond acceptors (Lipinski definition) is 10. The Kier molecular flexibility index (Phi) is 9.78. The summed E-state index contributed by atoms with van der Waals surface area (Å²) in [6.07, 6.45) is 8.21. The zero-order valence-corrected chi connectivity index (χ0v) is 23.0. The molecule has 216 valence electrons. The predicted molar refractivity (Wildman–Crippen MR) is 149 cm³/mol. The van der Waals surface area contributed by atoms with Crippen molar-refractivity contribution in [3.63, 3.8) is 0 Å². The molecule has 0 unspecified atom stereocenters. The third kappa shape index (κ3) is 7.47. The summed E-state index contributed by atoms with van der Waals surface area (Å²) in [4.78, 5) is 34.1. The first kappa shape index (κ1) is 28.8. The fourth-order valence-corrected chi connectivity index (χ4v) is 5.59. The van der Waals surface area contributed by atoms with Crippen LogP contribution in [0.15, 0.2) is 0 Å². The first-order chi connectivity index (χ1) is 18.7. The summed E-state index contributed by atoms with van der Waals surface area (Å²) >= 11 is 0. The van der Waals surface area contributed by atoms with Gasteiger partial charge in [0.25, 0.3) is 0 Å². The van der Waals surface area contributed by atoms with E-state index in [4.69, 9.17) is 5.41 Å². The van der Waals surface area contributed by atoms with Crippen LogP contribution in [0.2, 0.25) is 0 Å². The number of hydrogen-bond donors (Lipinski definition) is 7. The number of hydrazine groups is 1. The van der Waals surface area contributed by atoms with E-state index in [1.807, 2.05) is 11.9 Å². The van der Waals surface area contributed by atoms with Gasteiger partial charge in [-0.15, -0.1) is 0 Å². The number of carboxylic acid groups (broad SMARTS) is 1. The van der Waals surface area contributed by atoms with Crippen LogP contribution in [0.1, 0.15) is 71.0 Å². The minimum atomic E-state index is -1.35. The van der Waals surface area contributed by atoms with Crippen LogP contribution in [-0.4, -0.2) is 92.8 Å². The number of nitrogens with zero attached hydrogens (tertiary/aromatic N) is 4. The molecule has 1 aromatic rings. The Balaban J connectivity index is 1.64. The van der Waals surface area contributed by atoms with E-state index in [0.717, 1.165) is 19.4 Å². The van der Waals surface area contributed by atoms with Gasteiger partial charge >= 0.3 is 6.09 Å². The van der Waals surface area contributed by atoms with Gasteiger partial charge in [-0.25, -0.2) is 19.8 Å². The summed E-state index contributed by atoms with van der Waals surface area (Å²) in [5.41, 5.74) is 4.09. The molecule has 2 atom stereocenters. The summed E-state index contributed by atoms with van der Waals surface area (Å²) in [7, 11) is 0. The van der Waals surface area contributed by atoms with Crippen molar-refractivity contribution in [2.45, 2.75) is 77.3 Å². The quantitative estimate of drug-likeness (QED) is 0.171. The topological polar surface area (TPSA) is 179 Å². The smallest absolute Gasteiger partial charge is 0.410 e. The summed E-state index contributed by atoms with van der Waals surface area (Å²) in [6.45, 7) is 5.74. The van der Waals surface area contributed by atoms with E-state index >= 15 is 0 Å². The summed E-state index contributed by atoms with van der Waals surface area (Å²) in [6, 6.07) is 0.0684. The molecule has 39 heavy (non-hydrogen) atoms. The molecule has 2 heterocycles. The second kappa shape index (κ2) is 13.2. The molecule has 13 nitrogen and oxygen atoms in total. The number of carbonyl (C=O) groups is 2. The molecule has 2 amide bonds. The molecule has 4 rings (SSSR count). The Morgan fingerprint density at radius 1 is 1.08 bits per heavy atom. The van der Waals surface area contributed by atoms with Crippen LogP contribution in [-0.2, 0) is 4.79 Å². The summed E-state index contributed by atoms with van der Waals surface area (Å²) in [5.74, 6) is 1.32. The zero-order chi connectivity index (χ0) is 27.9. The highest BCUT2D eigenvalue weighted by Gasteiger charge is 2.30. The monoisotopic (exact) mass is 545 g/mol. The van der Waals surface area contributed by atoms with Gasteiger partial charge in [0, 0.05) is 38.3 Å². The number of anilines is 3. The van der Waals surface area contributed by atoms with Crippen molar-refractivity contribution in [3.8, 4) is 0 Å². The molecule has 1 aliphatic heterocycles. The molecule has 2 aliphatic carbocycles. The Bertz CT molecular complexity index is 1030. The molecular weight excluding hydrogens is 502 g/mol. The maximum atomic E-state index is 12.0. The Morgan fingerprint density at radius 3 is 2.41 bits per heavy atom. The Labute approximate surface area is 229 Å². The van der Waals surface area contributed by atoms with Crippen molar-refractivity contribution in [2.75, 3.05) is 48.8 Å². The van der Waals surface area contributed by atoms with E-state index in [1.54, 1.807) is 4.90 Å². The Hall–Kier alpha value is -3.19. The van der Waals surface area contributed by atoms with Gasteiger partial charge in [-0.1, -0.05) is 25.7 Å². The number of aromatic nitrogens is 2. The van der Waals surface area contributed by atoms with E-state index in [9.17, 15) is 19.8 Å². The van der Waals surface area contributed by atoms with Gasteiger partial charge in [0.15, 0.2) is 23.3 Å². The first-order valence-electron chi connectivity index (χ1n) is 14.2. The van der Waals surface area contributed by atoms with Crippen LogP contribution in [0.4, 0.5) is 22.1 Å². The zero-order valence-electron chi connectivity index (χ0n) is 23.0. The van der Waals surface area contributed by atoms with E-state index in [2.05, 4.69) is 38.3 Å². The number of piperazine rings is 1. The molecule has 3 fully saturated rings. The van der Waals surface area contributed by atoms with Gasteiger partial charge in [0.2, 0.25) is 5.91 Å². The van der Waals surface area contributed by atoms with Gasteiger partial charge < -0.3 is 31.2 Å². The molecule has 2 saturated carbocycles. The van der Waals surface area contributed by atoms with Crippen molar-refractivity contribution in [1.29, 1.82) is 5.41 Å². The second-order valence-corrected chi connectivity index (χ2v) is 11.1. The van der Waals surface area contributed by atoms with Crippen LogP contribution in [0.25, 0.3) is 0 Å². The maximum absolute atomic E-state index is 12.0. The molecule has 0 spiro atoms. The number of amides is 2. The first-order valence-corrected chi connectivity index (χ1v) is 14.2. The Morgan fingerprint density at radius 2 is 1.79 bits per heavy atom. The van der Waals surface area contributed by atoms with E-state index in [-0.39, 0.29) is 23.8 Å². The molecular formula is C26H43N9O4. The van der Waals surface area contributed by atoms with Crippen molar-refractivity contribution in [2.24, 2.45) is 11.8 Å². The van der Waals surface area contributed by atoms with Crippen LogP contribution in [0.5, 0.6) is 0 Å². The average Bonchev–Trinajstić information content (AvgIpc) is 2.87. The lowest BCUT2D eigenvalue weighted by Crippen LogP contribution is -2.56. The van der Waals surface area contributed by atoms with Gasteiger partial charge in [0.05, 0.1) is 0 Å². The minimum absolute atomic E-state index is 0.0341. The summed E-state index contributed by atoms with van der Waals surface area (Å²) < 4.78 is 0. The standard InChI is InChI=1S/C26H43N9O4/c1-16-14-34(20(37)15-36)11-12-35(16)33-24-21(28-13-18-7-4-3-5-8-18)23(29-17(2)19-9-6-10-19)31-25(32-24)22(27)30-26(38)39/h16-19,28,36H,3-15H2,1-2H3,(H2,27,30)(H,38,39)(H2,29,31,32,33)/t16-,17-/m1/s1. The lowest BCUT2D eigenvalue weighted by atomic mass is 9.80. The lowest BCUT2D eigenvalue weighted by molar-refractivity contribution is -0.136. The van der Waals surface area contributed by atoms with Crippen LogP contribution < -0.4 is 21.4 Å². The van der Waals surface area contributed by atoms with Crippen molar-refractivity contribution in [3.05, 3.63) is 5.82 Å². The average molecular weight is 546 g/mol. The molecule has 13 heteroatoms. The van der Waals surface area contributed by atoms with Gasteiger partial charge in [-0.2, -0.15) is 0 Å². The molecule has 0 bridgehead atoms. The van der Waals surface area contributed by atoms with Gasteiger partial charge in [-0.3, -0.25) is 15.5 Å². The lowest BCUT2D eigenvalue weighted by Gasteiger charge is -2.40. The van der Waals surface area contributed by atoms with Crippen molar-refractivity contribution in [1.82, 2.24) is 25.2 Å². The van der Waals surface area contributed by atoms with Crippen LogP contribution in [0.3, 0.4) is 0 Å². The normalized spacial score (nSPS) is 21.5. The molecule has 0 radical (unpaired) electrons. The third-order valence-electron chi connectivity index (χ3n) is 8.24. The number of aliphatic hydroxyl groups is 1. The number of aliphatic hydroxyl groups excluding tert-OH is 1.